The summed E-state index contributed by atoms with van der Waals surface area (Å²) >= 11 is 0. The average Bonchev–Trinajstić information content (AvgIpc) is 2.85. The molecule has 74 valence electrons. The van der Waals surface area contributed by atoms with Gasteiger partial charge in [-0.3, -0.25) is 0 Å². The van der Waals surface area contributed by atoms with Crippen LogP contribution in [0.2, 0.25) is 0 Å². The van der Waals surface area contributed by atoms with Crippen molar-refractivity contribution in [3.63, 3.8) is 0 Å². The lowest BCUT2D eigenvalue weighted by Gasteiger charge is -2.27. The van der Waals surface area contributed by atoms with Gasteiger partial charge >= 0.3 is 6.09 Å². The maximum absolute atomic E-state index is 11.6. The van der Waals surface area contributed by atoms with Gasteiger partial charge in [-0.1, -0.05) is 0 Å². The molecule has 3 heteroatoms. The molecule has 2 fully saturated rings. The highest BCUT2D eigenvalue weighted by Gasteiger charge is 2.42. The summed E-state index contributed by atoms with van der Waals surface area (Å²) in [6.07, 6.45) is 5.48. The Morgan fingerprint density at radius 2 is 1.85 bits per heavy atom. The van der Waals surface area contributed by atoms with Gasteiger partial charge in [0.15, 0.2) is 0 Å². The number of rotatable bonds is 1. The fourth-order valence-corrected chi connectivity index (χ4v) is 1.63. The molecule has 13 heavy (non-hydrogen) atoms. The summed E-state index contributed by atoms with van der Waals surface area (Å²) < 4.78 is 5.38. The Morgan fingerprint density at radius 1 is 1.23 bits per heavy atom. The van der Waals surface area contributed by atoms with Crippen molar-refractivity contribution >= 4 is 6.09 Å². The molecule has 1 heterocycles. The number of hydrogen-bond donors (Lipinski definition) is 0. The summed E-state index contributed by atoms with van der Waals surface area (Å²) in [5.41, 5.74) is -0.117. The highest BCUT2D eigenvalue weighted by atomic mass is 16.6. The number of likely N-dealkylation sites (tertiary alicyclic amines) is 1. The van der Waals surface area contributed by atoms with Gasteiger partial charge in [0.05, 0.1) is 0 Å². The Bertz CT molecular complexity index is 205. The lowest BCUT2D eigenvalue weighted by molar-refractivity contribution is 0.0537. The van der Waals surface area contributed by atoms with Crippen LogP contribution >= 0.6 is 0 Å². The lowest BCUT2D eigenvalue weighted by atomic mass is 10.1. The minimum Gasteiger partial charge on any atom is -0.443 e. The van der Waals surface area contributed by atoms with Crippen LogP contribution in [0.3, 0.4) is 0 Å². The molecule has 1 aliphatic heterocycles. The summed E-state index contributed by atoms with van der Waals surface area (Å²) in [5.74, 6) is 0. The summed E-state index contributed by atoms with van der Waals surface area (Å²) in [6.45, 7) is 3.78. The lowest BCUT2D eigenvalue weighted by Crippen LogP contribution is -2.37. The Labute approximate surface area is 79.0 Å². The summed E-state index contributed by atoms with van der Waals surface area (Å²) in [4.78, 5) is 13.4. The molecule has 1 amide bonds. The Kier molecular flexibility index (Phi) is 2.18. The van der Waals surface area contributed by atoms with Crippen LogP contribution in [0.5, 0.6) is 0 Å². The normalized spacial score (nSPS) is 25.5. The first-order chi connectivity index (χ1) is 6.20. The highest BCUT2D eigenvalue weighted by Crippen LogP contribution is 2.39. The van der Waals surface area contributed by atoms with Crippen LogP contribution in [-0.4, -0.2) is 29.7 Å². The Balaban J connectivity index is 1.81. The third-order valence-electron chi connectivity index (χ3n) is 2.90. The molecule has 0 unspecified atom stereocenters. The number of piperidine rings is 1. The molecule has 0 spiro atoms. The van der Waals surface area contributed by atoms with Gasteiger partial charge in [0, 0.05) is 13.1 Å². The predicted molar refractivity (Wildman–Crippen MR) is 49.5 cm³/mol. The average molecular weight is 183 g/mol. The molecule has 0 aromatic carbocycles. The Morgan fingerprint density at radius 3 is 2.38 bits per heavy atom. The number of hydrogen-bond acceptors (Lipinski definition) is 2. The molecular formula is C10H17NO2. The van der Waals surface area contributed by atoms with Crippen LogP contribution in [-0.2, 0) is 4.74 Å². The Hall–Kier alpha value is -0.730. The van der Waals surface area contributed by atoms with Gasteiger partial charge in [-0.25, -0.2) is 4.79 Å². The first-order valence-electron chi connectivity index (χ1n) is 5.18. The fraction of sp³-hybridized carbons (Fsp3) is 0.900. The zero-order valence-corrected chi connectivity index (χ0v) is 8.21. The van der Waals surface area contributed by atoms with Crippen molar-refractivity contribution in [1.82, 2.24) is 4.90 Å². The second kappa shape index (κ2) is 3.20. The van der Waals surface area contributed by atoms with E-state index in [4.69, 9.17) is 4.74 Å². The first-order valence-corrected chi connectivity index (χ1v) is 5.18. The van der Waals surface area contributed by atoms with Crippen molar-refractivity contribution in [2.45, 2.75) is 44.6 Å². The van der Waals surface area contributed by atoms with Gasteiger partial charge in [-0.15, -0.1) is 0 Å². The first kappa shape index (κ1) is 8.85. The van der Waals surface area contributed by atoms with Crippen LogP contribution in [0.25, 0.3) is 0 Å². The quantitative estimate of drug-likeness (QED) is 0.623. The van der Waals surface area contributed by atoms with E-state index in [1.807, 2.05) is 11.8 Å². The van der Waals surface area contributed by atoms with E-state index >= 15 is 0 Å². The van der Waals surface area contributed by atoms with Crippen molar-refractivity contribution < 1.29 is 9.53 Å². The zero-order valence-electron chi connectivity index (χ0n) is 8.21. The monoisotopic (exact) mass is 183 g/mol. The minimum atomic E-state index is -0.117. The molecule has 1 saturated heterocycles. The van der Waals surface area contributed by atoms with Crippen molar-refractivity contribution in [2.24, 2.45) is 0 Å². The molecular weight excluding hydrogens is 166 g/mol. The number of nitrogens with zero attached hydrogens (tertiary/aromatic N) is 1. The summed E-state index contributed by atoms with van der Waals surface area (Å²) in [7, 11) is 0. The smallest absolute Gasteiger partial charge is 0.410 e. The van der Waals surface area contributed by atoms with Gasteiger partial charge in [0.2, 0.25) is 0 Å². The topological polar surface area (TPSA) is 29.5 Å². The minimum absolute atomic E-state index is 0.0975. The summed E-state index contributed by atoms with van der Waals surface area (Å²) in [6, 6.07) is 0. The third-order valence-corrected chi connectivity index (χ3v) is 2.90. The molecule has 1 aliphatic carbocycles. The van der Waals surface area contributed by atoms with E-state index in [0.717, 1.165) is 38.8 Å². The standard InChI is InChI=1S/C10H17NO2/c1-10(5-6-10)13-9(12)11-7-3-2-4-8-11/h2-8H2,1H3. The van der Waals surface area contributed by atoms with Crippen LogP contribution in [0.4, 0.5) is 4.79 Å². The van der Waals surface area contributed by atoms with E-state index in [1.54, 1.807) is 0 Å². The van der Waals surface area contributed by atoms with E-state index in [-0.39, 0.29) is 11.7 Å². The summed E-state index contributed by atoms with van der Waals surface area (Å²) in [5, 5.41) is 0. The number of amides is 1. The van der Waals surface area contributed by atoms with Crippen LogP contribution in [0.15, 0.2) is 0 Å². The van der Waals surface area contributed by atoms with Crippen molar-refractivity contribution in [3.05, 3.63) is 0 Å². The van der Waals surface area contributed by atoms with E-state index in [1.165, 1.54) is 6.42 Å². The number of carbonyl (C=O) groups excluding carboxylic acids is 1. The van der Waals surface area contributed by atoms with Gasteiger partial charge in [0.25, 0.3) is 0 Å². The molecule has 2 rings (SSSR count). The van der Waals surface area contributed by atoms with Crippen LogP contribution in [0.1, 0.15) is 39.0 Å². The largest absolute Gasteiger partial charge is 0.443 e. The molecule has 0 N–H and O–H groups in total. The molecule has 0 aromatic heterocycles. The highest BCUT2D eigenvalue weighted by molar-refractivity contribution is 5.68. The molecule has 3 nitrogen and oxygen atoms in total. The van der Waals surface area contributed by atoms with Crippen LogP contribution in [0, 0.1) is 0 Å². The molecule has 0 aromatic rings. The zero-order chi connectivity index (χ0) is 9.31. The van der Waals surface area contributed by atoms with Crippen LogP contribution < -0.4 is 0 Å². The second-order valence-corrected chi connectivity index (χ2v) is 4.37. The SMILES string of the molecule is CC1(OC(=O)N2CCCCC2)CC1. The number of ether oxygens (including phenoxy) is 1. The molecule has 0 radical (unpaired) electrons. The van der Waals surface area contributed by atoms with Crippen molar-refractivity contribution in [2.75, 3.05) is 13.1 Å². The molecule has 0 atom stereocenters. The molecule has 2 aliphatic rings. The predicted octanol–water partition coefficient (Wildman–Crippen LogP) is 2.16. The maximum Gasteiger partial charge on any atom is 0.410 e. The van der Waals surface area contributed by atoms with Crippen molar-refractivity contribution in [3.8, 4) is 0 Å². The van der Waals surface area contributed by atoms with Gasteiger partial charge in [-0.05, 0) is 39.0 Å². The number of carbonyl (C=O) groups is 1. The van der Waals surface area contributed by atoms with Gasteiger partial charge in [0.1, 0.15) is 5.60 Å². The van der Waals surface area contributed by atoms with E-state index in [2.05, 4.69) is 0 Å². The van der Waals surface area contributed by atoms with E-state index < -0.39 is 0 Å². The van der Waals surface area contributed by atoms with Gasteiger partial charge in [-0.2, -0.15) is 0 Å². The molecule has 1 saturated carbocycles. The third kappa shape index (κ3) is 2.14. The molecule has 0 bridgehead atoms. The fourth-order valence-electron chi connectivity index (χ4n) is 1.63. The maximum atomic E-state index is 11.6. The van der Waals surface area contributed by atoms with Gasteiger partial charge < -0.3 is 9.64 Å². The van der Waals surface area contributed by atoms with Crippen molar-refractivity contribution in [1.29, 1.82) is 0 Å². The van der Waals surface area contributed by atoms with E-state index in [0.29, 0.717) is 0 Å². The van der Waals surface area contributed by atoms with E-state index in [9.17, 15) is 4.79 Å². The second-order valence-electron chi connectivity index (χ2n) is 4.37.